The fourth-order valence-corrected chi connectivity index (χ4v) is 4.51. The van der Waals surface area contributed by atoms with Crippen molar-refractivity contribution in [3.8, 4) is 5.75 Å². The molecule has 0 amide bonds. The first-order chi connectivity index (χ1) is 15.7. The van der Waals surface area contributed by atoms with Crippen molar-refractivity contribution in [3.05, 3.63) is 53.7 Å². The summed E-state index contributed by atoms with van der Waals surface area (Å²) in [5.74, 6) is -0.852. The van der Waals surface area contributed by atoms with E-state index in [0.717, 1.165) is 18.3 Å². The third-order valence-electron chi connectivity index (χ3n) is 6.01. The van der Waals surface area contributed by atoms with Gasteiger partial charge in [-0.15, -0.1) is 13.2 Å². The maximum Gasteiger partial charge on any atom is 0.504 e. The van der Waals surface area contributed by atoms with Gasteiger partial charge in [-0.3, -0.25) is 4.90 Å². The molecule has 0 spiro atoms. The smallest absolute Gasteiger partial charge is 0.491 e. The van der Waals surface area contributed by atoms with Crippen molar-refractivity contribution in [3.63, 3.8) is 0 Å². The van der Waals surface area contributed by atoms with E-state index in [1.165, 1.54) is 12.1 Å². The van der Waals surface area contributed by atoms with Gasteiger partial charge in [0.15, 0.2) is 0 Å². The summed E-state index contributed by atoms with van der Waals surface area (Å²) < 4.78 is 79.1. The Morgan fingerprint density at radius 3 is 2.70 bits per heavy atom. The molecule has 2 aliphatic rings. The average Bonchev–Trinajstić information content (AvgIpc) is 3.18. The molecule has 0 unspecified atom stereocenters. The van der Waals surface area contributed by atoms with Gasteiger partial charge in [0.1, 0.15) is 24.0 Å². The topological polar surface area (TPSA) is 51.5 Å². The van der Waals surface area contributed by atoms with E-state index in [1.54, 1.807) is 6.07 Å². The Morgan fingerprint density at radius 2 is 1.94 bits per heavy atom. The number of hydrogen-bond acceptors (Lipinski definition) is 5. The van der Waals surface area contributed by atoms with Crippen LogP contribution in [-0.4, -0.2) is 53.1 Å². The minimum absolute atomic E-state index is 0.0140. The van der Waals surface area contributed by atoms with Crippen molar-refractivity contribution in [2.75, 3.05) is 31.6 Å². The third-order valence-corrected chi connectivity index (χ3v) is 6.01. The highest BCUT2D eigenvalue weighted by molar-refractivity contribution is 5.91. The zero-order valence-corrected chi connectivity index (χ0v) is 17.6. The van der Waals surface area contributed by atoms with E-state index in [9.17, 15) is 22.0 Å². The maximum atomic E-state index is 14.3. The van der Waals surface area contributed by atoms with Crippen LogP contribution >= 0.6 is 0 Å². The first kappa shape index (κ1) is 21.9. The van der Waals surface area contributed by atoms with Gasteiger partial charge in [0.05, 0.1) is 30.3 Å². The van der Waals surface area contributed by atoms with Gasteiger partial charge in [0, 0.05) is 48.1 Å². The normalized spacial score (nSPS) is 23.9. The highest BCUT2D eigenvalue weighted by Crippen LogP contribution is 2.39. The number of hydrogen-bond donors (Lipinski definition) is 1. The number of halogens is 5. The maximum absolute atomic E-state index is 14.3. The summed E-state index contributed by atoms with van der Waals surface area (Å²) in [6, 6.07) is 5.49. The second-order valence-corrected chi connectivity index (χ2v) is 8.29. The molecule has 3 atom stereocenters. The molecule has 33 heavy (non-hydrogen) atoms. The van der Waals surface area contributed by atoms with Gasteiger partial charge in [-0.25, -0.2) is 8.78 Å². The van der Waals surface area contributed by atoms with Crippen LogP contribution in [0.1, 0.15) is 18.5 Å². The number of aromatic nitrogens is 2. The number of rotatable bonds is 3. The average molecular weight is 468 g/mol. The van der Waals surface area contributed by atoms with Crippen LogP contribution in [0.4, 0.5) is 27.6 Å². The Kier molecular flexibility index (Phi) is 5.40. The second kappa shape index (κ2) is 8.14. The molecule has 1 N–H and O–H groups in total. The SMILES string of the molecule is C[C@@H]1CN([C@H]2COc3cc(F)ccc3[C@@H]2Nc2cc(F)cc3nn(C(F)(F)F)cc23)CCO1. The molecule has 2 aliphatic heterocycles. The number of alkyl halides is 3. The molecule has 0 aliphatic carbocycles. The highest BCUT2D eigenvalue weighted by atomic mass is 19.4. The number of ether oxygens (including phenoxy) is 2. The predicted octanol–water partition coefficient (Wildman–Crippen LogP) is 4.43. The van der Waals surface area contributed by atoms with Crippen molar-refractivity contribution < 1.29 is 31.4 Å². The van der Waals surface area contributed by atoms with E-state index in [-0.39, 0.29) is 40.0 Å². The van der Waals surface area contributed by atoms with Crippen molar-refractivity contribution in [2.45, 2.75) is 31.4 Å². The fraction of sp³-hybridized carbons (Fsp3) is 0.409. The minimum Gasteiger partial charge on any atom is -0.491 e. The van der Waals surface area contributed by atoms with E-state index < -0.39 is 24.0 Å². The number of nitrogens with one attached hydrogen (secondary N) is 1. The summed E-state index contributed by atoms with van der Waals surface area (Å²) in [5, 5.41) is 6.83. The fourth-order valence-electron chi connectivity index (χ4n) is 4.51. The van der Waals surface area contributed by atoms with Crippen molar-refractivity contribution in [1.29, 1.82) is 0 Å². The summed E-state index contributed by atoms with van der Waals surface area (Å²) >= 11 is 0. The van der Waals surface area contributed by atoms with Gasteiger partial charge in [-0.2, -0.15) is 9.78 Å². The van der Waals surface area contributed by atoms with Crippen molar-refractivity contribution >= 4 is 16.6 Å². The standard InChI is InChI=1S/C22H21F5N4O2/c1-12-9-30(4-5-32-12)19-11-33-20-8-13(23)2-3-15(20)21(19)28-17-6-14(24)7-18-16(17)10-31(29-18)22(25,26)27/h2-3,6-8,10,12,19,21,28H,4-5,9,11H2,1H3/t12-,19+,21+/m1/s1. The second-order valence-electron chi connectivity index (χ2n) is 8.29. The summed E-state index contributed by atoms with van der Waals surface area (Å²) in [6.07, 6.45) is -3.92. The molecular weight excluding hydrogens is 447 g/mol. The molecule has 1 saturated heterocycles. The first-order valence-corrected chi connectivity index (χ1v) is 10.5. The Labute approximate surface area is 185 Å². The Bertz CT molecular complexity index is 1180. The van der Waals surface area contributed by atoms with E-state index >= 15 is 0 Å². The lowest BCUT2D eigenvalue weighted by Crippen LogP contribution is -2.54. The molecule has 0 saturated carbocycles. The van der Waals surface area contributed by atoms with Crippen LogP contribution < -0.4 is 10.1 Å². The highest BCUT2D eigenvalue weighted by Gasteiger charge is 2.38. The lowest BCUT2D eigenvalue weighted by atomic mass is 9.93. The van der Waals surface area contributed by atoms with Crippen LogP contribution in [0.5, 0.6) is 5.75 Å². The molecule has 0 bridgehead atoms. The summed E-state index contributed by atoms with van der Waals surface area (Å²) in [6.45, 7) is 3.93. The van der Waals surface area contributed by atoms with Gasteiger partial charge in [-0.05, 0) is 19.1 Å². The van der Waals surface area contributed by atoms with Gasteiger partial charge >= 0.3 is 6.30 Å². The van der Waals surface area contributed by atoms with Gasteiger partial charge < -0.3 is 14.8 Å². The lowest BCUT2D eigenvalue weighted by molar-refractivity contribution is -0.211. The monoisotopic (exact) mass is 468 g/mol. The largest absolute Gasteiger partial charge is 0.504 e. The molecule has 3 aromatic rings. The Hall–Kier alpha value is -2.92. The number of benzene rings is 2. The van der Waals surface area contributed by atoms with E-state index in [0.29, 0.717) is 31.0 Å². The van der Waals surface area contributed by atoms with Crippen LogP contribution in [0, 0.1) is 11.6 Å². The molecular formula is C22H21F5N4O2. The Balaban J connectivity index is 1.58. The summed E-state index contributed by atoms with van der Waals surface area (Å²) in [4.78, 5) is 2.16. The Morgan fingerprint density at radius 1 is 1.12 bits per heavy atom. The van der Waals surface area contributed by atoms with Crippen LogP contribution in [0.3, 0.4) is 0 Å². The van der Waals surface area contributed by atoms with Gasteiger partial charge in [0.2, 0.25) is 0 Å². The third kappa shape index (κ3) is 4.22. The number of anilines is 1. The predicted molar refractivity (Wildman–Crippen MR) is 110 cm³/mol. The molecule has 3 heterocycles. The minimum atomic E-state index is -4.73. The van der Waals surface area contributed by atoms with Crippen molar-refractivity contribution in [1.82, 2.24) is 14.7 Å². The molecule has 2 aromatic carbocycles. The van der Waals surface area contributed by atoms with Crippen LogP contribution in [0.2, 0.25) is 0 Å². The number of nitrogens with zero attached hydrogens (tertiary/aromatic N) is 3. The number of fused-ring (bicyclic) bond motifs is 2. The molecule has 1 fully saturated rings. The van der Waals surface area contributed by atoms with Crippen LogP contribution in [0.25, 0.3) is 10.9 Å². The molecule has 5 rings (SSSR count). The quantitative estimate of drug-likeness (QED) is 0.577. The van der Waals surface area contributed by atoms with Gasteiger partial charge in [0.25, 0.3) is 0 Å². The van der Waals surface area contributed by atoms with E-state index in [4.69, 9.17) is 9.47 Å². The lowest BCUT2D eigenvalue weighted by Gasteiger charge is -2.44. The molecule has 176 valence electrons. The van der Waals surface area contributed by atoms with E-state index in [2.05, 4.69) is 15.3 Å². The molecule has 0 radical (unpaired) electrons. The zero-order chi connectivity index (χ0) is 23.3. The summed E-state index contributed by atoms with van der Waals surface area (Å²) in [5.41, 5.74) is 0.666. The molecule has 6 nitrogen and oxygen atoms in total. The molecule has 11 heteroatoms. The zero-order valence-electron chi connectivity index (χ0n) is 17.6. The molecule has 1 aromatic heterocycles. The van der Waals surface area contributed by atoms with E-state index in [1.807, 2.05) is 6.92 Å². The first-order valence-electron chi connectivity index (χ1n) is 10.5. The van der Waals surface area contributed by atoms with Gasteiger partial charge in [-0.1, -0.05) is 6.07 Å². The van der Waals surface area contributed by atoms with Crippen LogP contribution in [0.15, 0.2) is 36.5 Å². The van der Waals surface area contributed by atoms with Crippen LogP contribution in [-0.2, 0) is 11.0 Å². The summed E-state index contributed by atoms with van der Waals surface area (Å²) in [7, 11) is 0. The van der Waals surface area contributed by atoms with Crippen molar-refractivity contribution in [2.24, 2.45) is 0 Å². The number of morpholine rings is 1.